The van der Waals surface area contributed by atoms with Gasteiger partial charge in [-0.1, -0.05) is 62.4 Å². The molecule has 0 aliphatic heterocycles. The minimum atomic E-state index is -0.926. The Bertz CT molecular complexity index is 1230. The fourth-order valence-electron chi connectivity index (χ4n) is 3.95. The third kappa shape index (κ3) is 4.22. The van der Waals surface area contributed by atoms with Crippen molar-refractivity contribution in [1.29, 1.82) is 0 Å². The smallest absolute Gasteiger partial charge is 0.254 e. The van der Waals surface area contributed by atoms with Crippen molar-refractivity contribution in [1.82, 2.24) is 9.88 Å². The van der Waals surface area contributed by atoms with Gasteiger partial charge >= 0.3 is 0 Å². The quantitative estimate of drug-likeness (QED) is 0.421. The van der Waals surface area contributed by atoms with Crippen LogP contribution in [-0.2, 0) is 13.1 Å². The van der Waals surface area contributed by atoms with Crippen molar-refractivity contribution in [2.24, 2.45) is 0 Å². The van der Waals surface area contributed by atoms with Crippen LogP contribution in [-0.4, -0.2) is 10.5 Å². The van der Waals surface area contributed by atoms with Crippen LogP contribution in [0.15, 0.2) is 66.7 Å². The normalized spacial score (nSPS) is 11.3. The molecule has 4 aromatic rings. The van der Waals surface area contributed by atoms with Gasteiger partial charge in [-0.3, -0.25) is 4.79 Å². The molecular formula is C26H23F2N2O. The Balaban J connectivity index is 1.73. The number of fused-ring (bicyclic) bond motifs is 1. The number of carbonyl (C=O) groups excluding carboxylic acids is 1. The Labute approximate surface area is 180 Å². The summed E-state index contributed by atoms with van der Waals surface area (Å²) in [5.41, 5.74) is 4.12. The van der Waals surface area contributed by atoms with Gasteiger partial charge in [0, 0.05) is 29.7 Å². The zero-order chi connectivity index (χ0) is 22.0. The van der Waals surface area contributed by atoms with Crippen LogP contribution in [0.4, 0.5) is 8.78 Å². The van der Waals surface area contributed by atoms with Crippen LogP contribution in [0.2, 0.25) is 0 Å². The van der Waals surface area contributed by atoms with Gasteiger partial charge in [-0.05, 0) is 41.3 Å². The van der Waals surface area contributed by atoms with Crippen molar-refractivity contribution in [3.05, 3.63) is 107 Å². The molecular weight excluding hydrogens is 394 g/mol. The molecule has 0 aliphatic rings. The van der Waals surface area contributed by atoms with Crippen molar-refractivity contribution < 1.29 is 13.6 Å². The van der Waals surface area contributed by atoms with Crippen molar-refractivity contribution in [2.45, 2.75) is 32.9 Å². The number of benzene rings is 3. The van der Waals surface area contributed by atoms with Gasteiger partial charge in [0.15, 0.2) is 11.6 Å². The molecule has 3 nitrogen and oxygen atoms in total. The standard InChI is InChI=1S/C26H23F2N2O/c1-17(2)25-24(26(31)29-15-19-12-13-21(27)22(28)14-19)20-10-6-7-11-23(20)30(25)16-18-8-4-3-5-9-18/h3-6,8-14,17H,15-16H2,1-2H3,(H,29,31). The van der Waals surface area contributed by atoms with E-state index >= 15 is 0 Å². The molecule has 0 unspecified atom stereocenters. The van der Waals surface area contributed by atoms with Crippen LogP contribution in [0.3, 0.4) is 0 Å². The zero-order valence-corrected chi connectivity index (χ0v) is 17.5. The number of amides is 1. The molecule has 0 spiro atoms. The molecule has 0 atom stereocenters. The summed E-state index contributed by atoms with van der Waals surface area (Å²) in [6, 6.07) is 22.4. The maximum Gasteiger partial charge on any atom is 0.254 e. The fourth-order valence-corrected chi connectivity index (χ4v) is 3.95. The number of nitrogens with zero attached hydrogens (tertiary/aromatic N) is 1. The first kappa shape index (κ1) is 20.8. The predicted molar refractivity (Wildman–Crippen MR) is 118 cm³/mol. The summed E-state index contributed by atoms with van der Waals surface area (Å²) in [4.78, 5) is 13.3. The fraction of sp³-hybridized carbons (Fsp3) is 0.192. The first-order valence-corrected chi connectivity index (χ1v) is 10.2. The van der Waals surface area contributed by atoms with Gasteiger partial charge in [0.1, 0.15) is 0 Å². The van der Waals surface area contributed by atoms with Crippen molar-refractivity contribution in [2.75, 3.05) is 0 Å². The van der Waals surface area contributed by atoms with E-state index in [0.29, 0.717) is 17.7 Å². The molecule has 157 valence electrons. The third-order valence-electron chi connectivity index (χ3n) is 5.34. The maximum atomic E-state index is 13.5. The molecule has 3 aromatic carbocycles. The van der Waals surface area contributed by atoms with Crippen molar-refractivity contribution in [3.63, 3.8) is 0 Å². The molecule has 1 aromatic heterocycles. The van der Waals surface area contributed by atoms with E-state index < -0.39 is 11.6 Å². The summed E-state index contributed by atoms with van der Waals surface area (Å²) >= 11 is 0. The molecule has 31 heavy (non-hydrogen) atoms. The molecule has 0 saturated carbocycles. The highest BCUT2D eigenvalue weighted by atomic mass is 19.2. The van der Waals surface area contributed by atoms with E-state index in [4.69, 9.17) is 0 Å². The van der Waals surface area contributed by atoms with Crippen LogP contribution < -0.4 is 5.32 Å². The van der Waals surface area contributed by atoms with E-state index in [1.54, 1.807) is 6.07 Å². The minimum absolute atomic E-state index is 0.0973. The van der Waals surface area contributed by atoms with Crippen LogP contribution in [0.5, 0.6) is 0 Å². The van der Waals surface area contributed by atoms with Gasteiger partial charge in [0.2, 0.25) is 0 Å². The van der Waals surface area contributed by atoms with Crippen molar-refractivity contribution >= 4 is 16.8 Å². The summed E-state index contributed by atoms with van der Waals surface area (Å²) < 4.78 is 28.9. The highest BCUT2D eigenvalue weighted by Gasteiger charge is 2.24. The molecule has 4 rings (SSSR count). The topological polar surface area (TPSA) is 34.0 Å². The second-order valence-electron chi connectivity index (χ2n) is 7.86. The minimum Gasteiger partial charge on any atom is -0.348 e. The van der Waals surface area contributed by atoms with Gasteiger partial charge in [-0.25, -0.2) is 8.78 Å². The molecule has 0 saturated heterocycles. The lowest BCUT2D eigenvalue weighted by molar-refractivity contribution is 0.0951. The second kappa shape index (κ2) is 8.72. The number of hydrogen-bond acceptors (Lipinski definition) is 1. The summed E-state index contributed by atoms with van der Waals surface area (Å²) in [7, 11) is 0. The molecule has 0 fully saturated rings. The monoisotopic (exact) mass is 417 g/mol. The lowest BCUT2D eigenvalue weighted by Crippen LogP contribution is -2.24. The number of carbonyl (C=O) groups is 1. The Kier molecular flexibility index (Phi) is 5.85. The van der Waals surface area contributed by atoms with E-state index in [9.17, 15) is 13.6 Å². The highest BCUT2D eigenvalue weighted by molar-refractivity contribution is 6.08. The van der Waals surface area contributed by atoms with E-state index in [2.05, 4.69) is 41.9 Å². The highest BCUT2D eigenvalue weighted by Crippen LogP contribution is 2.32. The van der Waals surface area contributed by atoms with Crippen LogP contribution in [0.25, 0.3) is 10.9 Å². The molecule has 1 N–H and O–H groups in total. The molecule has 1 amide bonds. The number of hydrogen-bond donors (Lipinski definition) is 1. The summed E-state index contributed by atoms with van der Waals surface area (Å²) in [6.07, 6.45) is 0. The summed E-state index contributed by atoms with van der Waals surface area (Å²) in [5, 5.41) is 3.72. The van der Waals surface area contributed by atoms with Gasteiger partial charge in [-0.2, -0.15) is 0 Å². The van der Waals surface area contributed by atoms with Gasteiger partial charge in [0.05, 0.1) is 5.56 Å². The molecule has 1 heterocycles. The van der Waals surface area contributed by atoms with Crippen LogP contribution >= 0.6 is 0 Å². The van der Waals surface area contributed by atoms with Gasteiger partial charge in [0.25, 0.3) is 5.91 Å². The van der Waals surface area contributed by atoms with E-state index in [1.165, 1.54) is 6.07 Å². The molecule has 5 heteroatoms. The van der Waals surface area contributed by atoms with E-state index in [-0.39, 0.29) is 18.4 Å². The zero-order valence-electron chi connectivity index (χ0n) is 17.5. The number of nitrogens with one attached hydrogen (secondary N) is 1. The van der Waals surface area contributed by atoms with E-state index in [1.807, 2.05) is 30.3 Å². The number of halogens is 2. The molecule has 1 radical (unpaired) electrons. The average Bonchev–Trinajstić information content (AvgIpc) is 3.10. The number of aromatic nitrogens is 1. The largest absolute Gasteiger partial charge is 0.348 e. The Morgan fingerprint density at radius 1 is 1.03 bits per heavy atom. The molecule has 0 aliphatic carbocycles. The van der Waals surface area contributed by atoms with E-state index in [0.717, 1.165) is 34.3 Å². The first-order chi connectivity index (χ1) is 15.0. The first-order valence-electron chi connectivity index (χ1n) is 10.2. The van der Waals surface area contributed by atoms with Crippen LogP contribution in [0, 0.1) is 17.7 Å². The lowest BCUT2D eigenvalue weighted by atomic mass is 10.0. The maximum absolute atomic E-state index is 13.5. The van der Waals surface area contributed by atoms with Gasteiger partial charge in [-0.15, -0.1) is 0 Å². The molecule has 0 bridgehead atoms. The summed E-state index contributed by atoms with van der Waals surface area (Å²) in [6.45, 7) is 4.87. The predicted octanol–water partition coefficient (Wildman–Crippen LogP) is 5.82. The summed E-state index contributed by atoms with van der Waals surface area (Å²) in [5.74, 6) is -1.97. The Hall–Kier alpha value is -3.47. The second-order valence-corrected chi connectivity index (χ2v) is 7.86. The third-order valence-corrected chi connectivity index (χ3v) is 5.34. The Morgan fingerprint density at radius 3 is 2.52 bits per heavy atom. The lowest BCUT2D eigenvalue weighted by Gasteiger charge is -2.15. The Morgan fingerprint density at radius 2 is 1.81 bits per heavy atom. The van der Waals surface area contributed by atoms with Crippen LogP contribution in [0.1, 0.15) is 46.9 Å². The SMILES string of the molecule is CC(C)c1c(C(=O)NCc2ccc(F)c(F)c2)c2cc[c]cc2n1Cc1ccccc1. The average molecular weight is 417 g/mol. The number of rotatable bonds is 6. The van der Waals surface area contributed by atoms with Gasteiger partial charge < -0.3 is 9.88 Å². The van der Waals surface area contributed by atoms with Crippen molar-refractivity contribution in [3.8, 4) is 0 Å².